The number of Topliss-reactive ketones (excluding diaryl/α,β-unsaturated/α-hetero) is 1. The number of hydrogen-bond acceptors (Lipinski definition) is 7. The topological polar surface area (TPSA) is 94.2 Å². The van der Waals surface area contributed by atoms with E-state index in [1.54, 1.807) is 44.2 Å². The monoisotopic (exact) mass is 410 g/mol. The largest absolute Gasteiger partial charge is 0.462 e. The number of piperidine rings is 1. The number of rotatable bonds is 9. The lowest BCUT2D eigenvalue weighted by atomic mass is 9.99. The van der Waals surface area contributed by atoms with Gasteiger partial charge in [-0.15, -0.1) is 0 Å². The Hall–Kier alpha value is -1.73. The highest BCUT2D eigenvalue weighted by Gasteiger charge is 2.46. The van der Waals surface area contributed by atoms with Gasteiger partial charge in [0, 0.05) is 12.5 Å². The van der Waals surface area contributed by atoms with Crippen LogP contribution in [0.15, 0.2) is 30.3 Å². The van der Waals surface area contributed by atoms with Crippen LogP contribution in [0, 0.1) is 5.92 Å². The minimum absolute atomic E-state index is 0.0379. The molecule has 1 N–H and O–H groups in total. The number of esters is 1. The molecule has 2 fully saturated rings. The lowest BCUT2D eigenvalue weighted by molar-refractivity contribution is -0.149. The van der Waals surface area contributed by atoms with E-state index in [0.29, 0.717) is 5.75 Å². The van der Waals surface area contributed by atoms with Crippen molar-refractivity contribution in [1.29, 1.82) is 0 Å². The maximum atomic E-state index is 13.4. The third-order valence-electron chi connectivity index (χ3n) is 4.82. The van der Waals surface area contributed by atoms with Crippen LogP contribution < -0.4 is 9.61 Å². The predicted molar refractivity (Wildman–Crippen MR) is 103 cm³/mol. The highest BCUT2D eigenvalue weighted by atomic mass is 31.2. The van der Waals surface area contributed by atoms with Crippen molar-refractivity contribution >= 4 is 19.5 Å². The molecule has 1 aromatic carbocycles. The first-order chi connectivity index (χ1) is 13.3. The van der Waals surface area contributed by atoms with E-state index in [1.807, 2.05) is 4.90 Å². The van der Waals surface area contributed by atoms with E-state index in [0.717, 1.165) is 19.5 Å². The van der Waals surface area contributed by atoms with Crippen LogP contribution in [-0.2, 0) is 23.4 Å². The van der Waals surface area contributed by atoms with Gasteiger partial charge in [0.2, 0.25) is 0 Å². The van der Waals surface area contributed by atoms with Gasteiger partial charge in [0.1, 0.15) is 11.8 Å². The number of para-hydroxylation sites is 1. The fraction of sp³-hybridized carbons (Fsp3) is 0.579. The molecule has 0 spiro atoms. The molecule has 0 saturated carbocycles. The van der Waals surface area contributed by atoms with E-state index in [-0.39, 0.29) is 24.4 Å². The second kappa shape index (κ2) is 8.74. The molecule has 28 heavy (non-hydrogen) atoms. The van der Waals surface area contributed by atoms with E-state index in [4.69, 9.17) is 13.8 Å². The summed E-state index contributed by atoms with van der Waals surface area (Å²) in [5.41, 5.74) is 0. The molecule has 2 aliphatic rings. The van der Waals surface area contributed by atoms with Gasteiger partial charge in [-0.1, -0.05) is 18.2 Å². The van der Waals surface area contributed by atoms with Crippen molar-refractivity contribution in [2.45, 2.75) is 45.4 Å². The quantitative estimate of drug-likeness (QED) is 0.490. The van der Waals surface area contributed by atoms with Crippen molar-refractivity contribution in [3.63, 3.8) is 0 Å². The Morgan fingerprint density at radius 3 is 2.61 bits per heavy atom. The van der Waals surface area contributed by atoms with Crippen molar-refractivity contribution in [3.05, 3.63) is 30.3 Å². The number of carbonyl (C=O) groups excluding carboxylic acids is 2. The fourth-order valence-corrected chi connectivity index (χ4v) is 4.94. The number of nitrogens with one attached hydrogen (secondary N) is 1. The number of benzene rings is 1. The first-order valence-electron chi connectivity index (χ1n) is 9.53. The third kappa shape index (κ3) is 5.00. The number of ketones is 1. The average Bonchev–Trinajstić information content (AvgIpc) is 3.22. The van der Waals surface area contributed by atoms with Gasteiger partial charge in [0.05, 0.1) is 18.8 Å². The van der Waals surface area contributed by atoms with Crippen LogP contribution in [0.3, 0.4) is 0 Å². The number of nitrogens with zero attached hydrogens (tertiary/aromatic N) is 1. The molecule has 0 amide bonds. The first-order valence-corrected chi connectivity index (χ1v) is 11.1. The molecule has 0 radical (unpaired) electrons. The molecule has 0 aromatic heterocycles. The molecule has 2 unspecified atom stereocenters. The van der Waals surface area contributed by atoms with Crippen LogP contribution in [0.5, 0.6) is 5.75 Å². The van der Waals surface area contributed by atoms with Gasteiger partial charge in [-0.3, -0.25) is 19.0 Å². The van der Waals surface area contributed by atoms with Crippen molar-refractivity contribution in [2.75, 3.05) is 19.7 Å². The SMILES string of the molecule is CC(C)OC(=O)[C@H](C)NP(=O)(OC[C@@H]1C(=O)[C@@H]2CCN1C2)Oc1ccccc1. The van der Waals surface area contributed by atoms with E-state index in [1.165, 1.54) is 6.92 Å². The molecular formula is C19H27N2O6P. The minimum Gasteiger partial charge on any atom is -0.462 e. The van der Waals surface area contributed by atoms with E-state index in [2.05, 4.69) is 5.09 Å². The van der Waals surface area contributed by atoms with E-state index in [9.17, 15) is 14.2 Å². The summed E-state index contributed by atoms with van der Waals surface area (Å²) < 4.78 is 29.7. The van der Waals surface area contributed by atoms with Gasteiger partial charge < -0.3 is 9.26 Å². The highest BCUT2D eigenvalue weighted by Crippen LogP contribution is 2.46. The molecule has 2 aliphatic heterocycles. The summed E-state index contributed by atoms with van der Waals surface area (Å²) in [6, 6.07) is 7.22. The highest BCUT2D eigenvalue weighted by molar-refractivity contribution is 7.52. The Morgan fingerprint density at radius 2 is 2.00 bits per heavy atom. The Labute approximate surface area is 165 Å². The van der Waals surface area contributed by atoms with Gasteiger partial charge in [-0.05, 0) is 45.9 Å². The summed E-state index contributed by atoms with van der Waals surface area (Å²) in [6.45, 7) is 6.49. The minimum atomic E-state index is -3.93. The molecule has 2 saturated heterocycles. The van der Waals surface area contributed by atoms with E-state index >= 15 is 0 Å². The third-order valence-corrected chi connectivity index (χ3v) is 6.46. The summed E-state index contributed by atoms with van der Waals surface area (Å²) in [4.78, 5) is 26.5. The van der Waals surface area contributed by atoms with E-state index < -0.39 is 25.8 Å². The molecule has 8 nitrogen and oxygen atoms in total. The summed E-state index contributed by atoms with van der Waals surface area (Å²) in [6.07, 6.45) is 0.565. The summed E-state index contributed by atoms with van der Waals surface area (Å²) >= 11 is 0. The van der Waals surface area contributed by atoms with Gasteiger partial charge >= 0.3 is 13.7 Å². The molecule has 2 bridgehead atoms. The predicted octanol–water partition coefficient (Wildman–Crippen LogP) is 2.39. The van der Waals surface area contributed by atoms with Crippen LogP contribution in [0.4, 0.5) is 0 Å². The fourth-order valence-electron chi connectivity index (χ4n) is 3.45. The van der Waals surface area contributed by atoms with Crippen LogP contribution >= 0.6 is 7.75 Å². The number of fused-ring (bicyclic) bond motifs is 2. The second-order valence-corrected chi connectivity index (χ2v) is 9.13. The summed E-state index contributed by atoms with van der Waals surface area (Å²) in [7, 11) is -3.93. The van der Waals surface area contributed by atoms with Crippen molar-refractivity contribution < 1.29 is 27.9 Å². The van der Waals surface area contributed by atoms with Crippen LogP contribution in [-0.4, -0.2) is 54.5 Å². The number of hydrogen-bond donors (Lipinski definition) is 1. The Balaban J connectivity index is 1.69. The number of carbonyl (C=O) groups is 2. The maximum Gasteiger partial charge on any atom is 0.459 e. The normalized spacial score (nSPS) is 26.9. The Bertz CT molecular complexity index is 756. The second-order valence-electron chi connectivity index (χ2n) is 7.43. The molecule has 0 aliphatic carbocycles. The number of ether oxygens (including phenoxy) is 1. The van der Waals surface area contributed by atoms with Gasteiger partial charge in [0.15, 0.2) is 5.78 Å². The Kier molecular flexibility index (Phi) is 6.55. The van der Waals surface area contributed by atoms with Crippen LogP contribution in [0.2, 0.25) is 0 Å². The zero-order valence-electron chi connectivity index (χ0n) is 16.4. The molecule has 5 atom stereocenters. The van der Waals surface area contributed by atoms with Gasteiger partial charge in [0.25, 0.3) is 0 Å². The van der Waals surface area contributed by atoms with Crippen LogP contribution in [0.25, 0.3) is 0 Å². The molecule has 1 aromatic rings. The standard InChI is InChI=1S/C19H27N2O6P/c1-13(2)26-19(23)14(3)20-28(24,27-16-7-5-4-6-8-16)25-12-17-18(22)15-9-10-21(17)11-15/h4-8,13-15,17H,9-12H2,1-3H3,(H,20,24)/t14-,15+,17+,28?/m0/s1. The Morgan fingerprint density at radius 1 is 1.29 bits per heavy atom. The molecule has 154 valence electrons. The summed E-state index contributed by atoms with van der Waals surface area (Å²) in [5, 5.41) is 2.64. The zero-order valence-corrected chi connectivity index (χ0v) is 17.3. The first kappa shape index (κ1) is 21.0. The summed E-state index contributed by atoms with van der Waals surface area (Å²) in [5.74, 6) is -0.0710. The van der Waals surface area contributed by atoms with Crippen molar-refractivity contribution in [1.82, 2.24) is 9.99 Å². The molecule has 2 heterocycles. The van der Waals surface area contributed by atoms with Gasteiger partial charge in [-0.25, -0.2) is 4.57 Å². The van der Waals surface area contributed by atoms with Crippen LogP contribution in [0.1, 0.15) is 27.2 Å². The lowest BCUT2D eigenvalue weighted by Gasteiger charge is -2.27. The molecular weight excluding hydrogens is 383 g/mol. The lowest BCUT2D eigenvalue weighted by Crippen LogP contribution is -2.41. The maximum absolute atomic E-state index is 13.4. The van der Waals surface area contributed by atoms with Crippen molar-refractivity contribution in [3.8, 4) is 5.75 Å². The average molecular weight is 410 g/mol. The molecule has 3 rings (SSSR count). The van der Waals surface area contributed by atoms with Crippen molar-refractivity contribution in [2.24, 2.45) is 5.92 Å². The zero-order chi connectivity index (χ0) is 20.3. The van der Waals surface area contributed by atoms with Gasteiger partial charge in [-0.2, -0.15) is 5.09 Å². The smallest absolute Gasteiger partial charge is 0.459 e. The molecule has 9 heteroatoms.